The van der Waals surface area contributed by atoms with E-state index < -0.39 is 0 Å². The Bertz CT molecular complexity index is 845. The van der Waals surface area contributed by atoms with Crippen LogP contribution < -0.4 is 9.47 Å². The Morgan fingerprint density at radius 1 is 0.900 bits per heavy atom. The van der Waals surface area contributed by atoms with Gasteiger partial charge in [0.25, 0.3) is 0 Å². The molecule has 2 rings (SSSR count). The monoisotopic (exact) mass is 405 g/mol. The van der Waals surface area contributed by atoms with Crippen molar-refractivity contribution < 1.29 is 14.3 Å². The van der Waals surface area contributed by atoms with Crippen LogP contribution in [0.4, 0.5) is 0 Å². The van der Waals surface area contributed by atoms with Gasteiger partial charge >= 0.3 is 5.97 Å². The quantitative estimate of drug-likeness (QED) is 0.128. The van der Waals surface area contributed by atoms with E-state index in [1.54, 1.807) is 31.4 Å². The Hall–Kier alpha value is -3.06. The molecule has 0 amide bonds. The molecule has 0 N–H and O–H groups in total. The molecule has 0 atom stereocenters. The largest absolute Gasteiger partial charge is 0.497 e. The first-order valence-corrected chi connectivity index (χ1v) is 10.7. The molecule has 0 saturated carbocycles. The van der Waals surface area contributed by atoms with E-state index in [2.05, 4.69) is 13.0 Å². The molecule has 2 aromatic rings. The zero-order valence-electron chi connectivity index (χ0n) is 18.0. The molecule has 0 unspecified atom stereocenters. The average molecular weight is 406 g/mol. The van der Waals surface area contributed by atoms with Gasteiger partial charge in [0.1, 0.15) is 11.5 Å². The second kappa shape index (κ2) is 13.2. The normalized spacial score (nSPS) is 11.0. The van der Waals surface area contributed by atoms with Crippen molar-refractivity contribution in [2.24, 2.45) is 0 Å². The summed E-state index contributed by atoms with van der Waals surface area (Å²) in [4.78, 5) is 12.0. The molecule has 0 aliphatic carbocycles. The van der Waals surface area contributed by atoms with E-state index in [1.165, 1.54) is 32.1 Å². The van der Waals surface area contributed by atoms with Crippen molar-refractivity contribution in [2.75, 3.05) is 7.11 Å². The number of carbonyl (C=O) groups is 1. The Morgan fingerprint density at radius 3 is 2.10 bits per heavy atom. The van der Waals surface area contributed by atoms with Crippen molar-refractivity contribution in [3.8, 4) is 17.6 Å². The molecule has 0 bridgehead atoms. The molecule has 0 aromatic heterocycles. The zero-order chi connectivity index (χ0) is 21.6. The van der Waals surface area contributed by atoms with Gasteiger partial charge < -0.3 is 9.47 Å². The van der Waals surface area contributed by atoms with Crippen LogP contribution in [0, 0.1) is 11.3 Å². The number of nitrogens with zero attached hydrogens (tertiary/aromatic N) is 1. The summed E-state index contributed by atoms with van der Waals surface area (Å²) in [7, 11) is 1.62. The second-order valence-corrected chi connectivity index (χ2v) is 7.31. The van der Waals surface area contributed by atoms with E-state index in [0.717, 1.165) is 29.7 Å². The first-order valence-electron chi connectivity index (χ1n) is 10.7. The highest BCUT2D eigenvalue weighted by atomic mass is 16.5. The van der Waals surface area contributed by atoms with Gasteiger partial charge in [-0.1, -0.05) is 57.6 Å². The standard InChI is InChI=1S/C26H31NO3/c1-3-4-5-6-7-8-9-10-26(28)30-25-17-13-22(14-18-25)23(20-27)19-21-11-15-24(29-2)16-12-21/h11-19H,3-10H2,1-2H3. The molecule has 2 aromatic carbocycles. The predicted molar refractivity (Wildman–Crippen MR) is 121 cm³/mol. The van der Waals surface area contributed by atoms with Gasteiger partial charge in [-0.15, -0.1) is 0 Å². The Kier molecular flexibility index (Phi) is 10.2. The van der Waals surface area contributed by atoms with Crippen molar-refractivity contribution in [3.63, 3.8) is 0 Å². The number of rotatable bonds is 12. The summed E-state index contributed by atoms with van der Waals surface area (Å²) in [6.07, 6.45) is 10.4. The third-order valence-corrected chi connectivity index (χ3v) is 4.93. The molecular formula is C26H31NO3. The van der Waals surface area contributed by atoms with E-state index in [4.69, 9.17) is 9.47 Å². The van der Waals surface area contributed by atoms with E-state index in [9.17, 15) is 10.1 Å². The number of allylic oxidation sites excluding steroid dienone is 1. The number of hydrogen-bond donors (Lipinski definition) is 0. The van der Waals surface area contributed by atoms with Crippen molar-refractivity contribution in [1.29, 1.82) is 5.26 Å². The minimum atomic E-state index is -0.203. The van der Waals surface area contributed by atoms with Gasteiger partial charge in [-0.05, 0) is 60.0 Å². The van der Waals surface area contributed by atoms with E-state index in [-0.39, 0.29) is 5.97 Å². The SMILES string of the molecule is CCCCCCCCCC(=O)Oc1ccc(C(C#N)=Cc2ccc(OC)cc2)cc1. The van der Waals surface area contributed by atoms with Crippen LogP contribution in [0.1, 0.15) is 69.4 Å². The lowest BCUT2D eigenvalue weighted by Gasteiger charge is -2.06. The molecular weight excluding hydrogens is 374 g/mol. The van der Waals surface area contributed by atoms with Gasteiger partial charge in [0.2, 0.25) is 0 Å². The molecule has 0 fully saturated rings. The Balaban J connectivity index is 1.85. The third-order valence-electron chi connectivity index (χ3n) is 4.93. The number of hydrogen-bond acceptors (Lipinski definition) is 4. The first kappa shape index (κ1) is 23.2. The lowest BCUT2D eigenvalue weighted by molar-refractivity contribution is -0.134. The maximum Gasteiger partial charge on any atom is 0.311 e. The summed E-state index contributed by atoms with van der Waals surface area (Å²) in [5.41, 5.74) is 2.24. The molecule has 0 saturated heterocycles. The maximum absolute atomic E-state index is 12.0. The highest BCUT2D eigenvalue weighted by Gasteiger charge is 2.07. The van der Waals surface area contributed by atoms with Crippen LogP contribution in [-0.2, 0) is 4.79 Å². The smallest absolute Gasteiger partial charge is 0.311 e. The lowest BCUT2D eigenvalue weighted by atomic mass is 10.0. The fraction of sp³-hybridized carbons (Fsp3) is 0.385. The van der Waals surface area contributed by atoms with Crippen LogP contribution in [0.5, 0.6) is 11.5 Å². The van der Waals surface area contributed by atoms with Crippen LogP contribution >= 0.6 is 0 Å². The Labute approximate surface area is 180 Å². The predicted octanol–water partition coefficient (Wildman–Crippen LogP) is 6.81. The van der Waals surface area contributed by atoms with E-state index in [1.807, 2.05) is 30.3 Å². The zero-order valence-corrected chi connectivity index (χ0v) is 18.0. The molecule has 0 aliphatic heterocycles. The molecule has 0 aliphatic rings. The van der Waals surface area contributed by atoms with Gasteiger partial charge in [0, 0.05) is 6.42 Å². The minimum absolute atomic E-state index is 0.203. The van der Waals surface area contributed by atoms with Crippen LogP contribution in [0.3, 0.4) is 0 Å². The minimum Gasteiger partial charge on any atom is -0.497 e. The summed E-state index contributed by atoms with van der Waals surface area (Å²) in [5.74, 6) is 1.08. The first-order chi connectivity index (χ1) is 14.7. The number of methoxy groups -OCH3 is 1. The third kappa shape index (κ3) is 8.13. The molecule has 4 nitrogen and oxygen atoms in total. The van der Waals surface area contributed by atoms with Gasteiger partial charge in [-0.25, -0.2) is 0 Å². The summed E-state index contributed by atoms with van der Waals surface area (Å²) in [6.45, 7) is 2.21. The highest BCUT2D eigenvalue weighted by molar-refractivity contribution is 5.89. The number of unbranched alkanes of at least 4 members (excludes halogenated alkanes) is 6. The van der Waals surface area contributed by atoms with Crippen LogP contribution in [0.15, 0.2) is 48.5 Å². The summed E-state index contributed by atoms with van der Waals surface area (Å²) in [5, 5.41) is 9.52. The van der Waals surface area contributed by atoms with E-state index in [0.29, 0.717) is 17.7 Å². The van der Waals surface area contributed by atoms with Gasteiger partial charge in [-0.3, -0.25) is 4.79 Å². The Morgan fingerprint density at radius 2 is 1.50 bits per heavy atom. The van der Waals surface area contributed by atoms with Crippen molar-refractivity contribution in [2.45, 2.75) is 58.3 Å². The van der Waals surface area contributed by atoms with Crippen molar-refractivity contribution >= 4 is 17.6 Å². The van der Waals surface area contributed by atoms with Crippen LogP contribution in [0.25, 0.3) is 11.6 Å². The summed E-state index contributed by atoms with van der Waals surface area (Å²) < 4.78 is 10.6. The molecule has 0 spiro atoms. The van der Waals surface area contributed by atoms with Crippen molar-refractivity contribution in [3.05, 3.63) is 59.7 Å². The topological polar surface area (TPSA) is 59.3 Å². The van der Waals surface area contributed by atoms with Crippen LogP contribution in [0.2, 0.25) is 0 Å². The fourth-order valence-electron chi connectivity index (χ4n) is 3.16. The number of nitriles is 1. The molecule has 0 heterocycles. The van der Waals surface area contributed by atoms with Gasteiger partial charge in [0.05, 0.1) is 18.8 Å². The molecule has 30 heavy (non-hydrogen) atoms. The van der Waals surface area contributed by atoms with Gasteiger partial charge in [-0.2, -0.15) is 5.26 Å². The maximum atomic E-state index is 12.0. The fourth-order valence-corrected chi connectivity index (χ4v) is 3.16. The second-order valence-electron chi connectivity index (χ2n) is 7.31. The summed E-state index contributed by atoms with van der Waals surface area (Å²) >= 11 is 0. The highest BCUT2D eigenvalue weighted by Crippen LogP contribution is 2.22. The average Bonchev–Trinajstić information content (AvgIpc) is 2.78. The number of esters is 1. The lowest BCUT2D eigenvalue weighted by Crippen LogP contribution is -2.07. The molecule has 4 heteroatoms. The number of carbonyl (C=O) groups excluding carboxylic acids is 1. The molecule has 158 valence electrons. The summed E-state index contributed by atoms with van der Waals surface area (Å²) in [6, 6.07) is 16.8. The number of benzene rings is 2. The van der Waals surface area contributed by atoms with Crippen LogP contribution in [-0.4, -0.2) is 13.1 Å². The molecule has 0 radical (unpaired) electrons. The number of ether oxygens (including phenoxy) is 2. The van der Waals surface area contributed by atoms with Crippen molar-refractivity contribution in [1.82, 2.24) is 0 Å². The van der Waals surface area contributed by atoms with E-state index >= 15 is 0 Å². The van der Waals surface area contributed by atoms with Gasteiger partial charge in [0.15, 0.2) is 0 Å².